The van der Waals surface area contributed by atoms with Crippen molar-refractivity contribution < 1.29 is 9.59 Å². The van der Waals surface area contributed by atoms with Crippen LogP contribution in [0.2, 0.25) is 0 Å². The molecule has 0 aromatic heterocycles. The van der Waals surface area contributed by atoms with Gasteiger partial charge in [-0.15, -0.1) is 0 Å². The number of rotatable bonds is 5. The second-order valence-corrected chi connectivity index (χ2v) is 5.11. The predicted octanol–water partition coefficient (Wildman–Crippen LogP) is 2.11. The molecule has 2 amide bonds. The van der Waals surface area contributed by atoms with E-state index in [4.69, 9.17) is 0 Å². The monoisotopic (exact) mass is 260 g/mol. The van der Waals surface area contributed by atoms with Gasteiger partial charge >= 0.3 is 0 Å². The molecule has 1 aliphatic carbocycles. The lowest BCUT2D eigenvalue weighted by atomic mass is 10.1. The molecule has 0 aliphatic heterocycles. The molecule has 19 heavy (non-hydrogen) atoms. The highest BCUT2D eigenvalue weighted by atomic mass is 16.2. The van der Waals surface area contributed by atoms with E-state index in [2.05, 4.69) is 10.6 Å². The van der Waals surface area contributed by atoms with E-state index in [0.29, 0.717) is 17.2 Å². The highest BCUT2D eigenvalue weighted by Crippen LogP contribution is 2.19. The number of carbonyl (C=O) groups is 2. The highest BCUT2D eigenvalue weighted by Gasteiger charge is 2.24. The fraction of sp³-hybridized carbons (Fsp3) is 0.467. The van der Waals surface area contributed by atoms with Gasteiger partial charge in [-0.05, 0) is 44.4 Å². The van der Waals surface area contributed by atoms with Crippen LogP contribution in [0, 0.1) is 0 Å². The molecule has 4 heteroatoms. The van der Waals surface area contributed by atoms with Crippen LogP contribution in [-0.4, -0.2) is 23.9 Å². The van der Waals surface area contributed by atoms with Crippen molar-refractivity contribution in [2.45, 2.75) is 45.2 Å². The first-order chi connectivity index (χ1) is 9.10. The molecule has 1 unspecified atom stereocenters. The summed E-state index contributed by atoms with van der Waals surface area (Å²) in [7, 11) is 0. The summed E-state index contributed by atoms with van der Waals surface area (Å²) in [6.07, 6.45) is 2.99. The zero-order chi connectivity index (χ0) is 13.8. The van der Waals surface area contributed by atoms with Crippen LogP contribution in [-0.2, 0) is 0 Å². The van der Waals surface area contributed by atoms with Crippen molar-refractivity contribution in [1.29, 1.82) is 0 Å². The molecule has 1 aromatic carbocycles. The Bertz CT molecular complexity index is 481. The second kappa shape index (κ2) is 5.87. The van der Waals surface area contributed by atoms with Gasteiger partial charge in [-0.1, -0.05) is 13.0 Å². The number of amides is 2. The van der Waals surface area contributed by atoms with Gasteiger partial charge in [0.2, 0.25) is 0 Å². The smallest absolute Gasteiger partial charge is 0.251 e. The van der Waals surface area contributed by atoms with Crippen LogP contribution in [0.4, 0.5) is 0 Å². The van der Waals surface area contributed by atoms with Gasteiger partial charge in [0.05, 0.1) is 0 Å². The van der Waals surface area contributed by atoms with Crippen LogP contribution < -0.4 is 10.6 Å². The lowest BCUT2D eigenvalue weighted by molar-refractivity contribution is 0.0939. The summed E-state index contributed by atoms with van der Waals surface area (Å²) in [6.45, 7) is 3.98. The van der Waals surface area contributed by atoms with E-state index in [-0.39, 0.29) is 17.9 Å². The molecular weight excluding hydrogens is 240 g/mol. The van der Waals surface area contributed by atoms with Crippen LogP contribution in [0.15, 0.2) is 24.3 Å². The molecule has 1 aliphatic rings. The maximum absolute atomic E-state index is 12.0. The van der Waals surface area contributed by atoms with E-state index in [0.717, 1.165) is 19.3 Å². The second-order valence-electron chi connectivity index (χ2n) is 5.11. The van der Waals surface area contributed by atoms with Gasteiger partial charge in [-0.3, -0.25) is 9.59 Å². The fourth-order valence-electron chi connectivity index (χ4n) is 1.71. The van der Waals surface area contributed by atoms with E-state index in [1.54, 1.807) is 24.3 Å². The zero-order valence-electron chi connectivity index (χ0n) is 11.4. The van der Waals surface area contributed by atoms with Crippen molar-refractivity contribution in [3.05, 3.63) is 35.4 Å². The maximum Gasteiger partial charge on any atom is 0.251 e. The van der Waals surface area contributed by atoms with Crippen molar-refractivity contribution in [3.63, 3.8) is 0 Å². The molecule has 1 saturated carbocycles. The Balaban J connectivity index is 2.05. The van der Waals surface area contributed by atoms with Crippen LogP contribution in [0.5, 0.6) is 0 Å². The normalized spacial score (nSPS) is 15.7. The first-order valence-electron chi connectivity index (χ1n) is 6.82. The Morgan fingerprint density at radius 2 is 1.89 bits per heavy atom. The first-order valence-corrected chi connectivity index (χ1v) is 6.82. The number of benzene rings is 1. The molecule has 0 radical (unpaired) electrons. The molecule has 102 valence electrons. The van der Waals surface area contributed by atoms with Gasteiger partial charge in [0.15, 0.2) is 0 Å². The van der Waals surface area contributed by atoms with E-state index >= 15 is 0 Å². The van der Waals surface area contributed by atoms with Crippen LogP contribution in [0.25, 0.3) is 0 Å². The average molecular weight is 260 g/mol. The fourth-order valence-corrected chi connectivity index (χ4v) is 1.71. The summed E-state index contributed by atoms with van der Waals surface area (Å²) in [5.41, 5.74) is 1.08. The summed E-state index contributed by atoms with van der Waals surface area (Å²) in [5.74, 6) is -0.226. The summed E-state index contributed by atoms with van der Waals surface area (Å²) < 4.78 is 0. The number of carbonyl (C=O) groups excluding carboxylic acids is 2. The van der Waals surface area contributed by atoms with E-state index in [1.807, 2.05) is 13.8 Å². The van der Waals surface area contributed by atoms with Gasteiger partial charge in [0.1, 0.15) is 0 Å². The molecule has 1 atom stereocenters. The van der Waals surface area contributed by atoms with E-state index in [1.165, 1.54) is 0 Å². The predicted molar refractivity (Wildman–Crippen MR) is 74.1 cm³/mol. The third-order valence-electron chi connectivity index (χ3n) is 3.29. The molecule has 0 bridgehead atoms. The van der Waals surface area contributed by atoms with E-state index < -0.39 is 0 Å². The van der Waals surface area contributed by atoms with Gasteiger partial charge in [-0.2, -0.15) is 0 Å². The quantitative estimate of drug-likeness (QED) is 0.852. The van der Waals surface area contributed by atoms with Crippen molar-refractivity contribution >= 4 is 11.8 Å². The molecule has 1 aromatic rings. The Hall–Kier alpha value is -1.84. The standard InChI is InChI=1S/C15H20N2O2/c1-3-10(2)16-14(18)11-5-4-6-12(9-11)15(19)17-13-7-8-13/h4-6,9-10,13H,3,7-8H2,1-2H3,(H,16,18)(H,17,19). The van der Waals surface area contributed by atoms with Crippen molar-refractivity contribution in [1.82, 2.24) is 10.6 Å². The molecule has 1 fully saturated rings. The van der Waals surface area contributed by atoms with Gasteiger partial charge in [-0.25, -0.2) is 0 Å². The van der Waals surface area contributed by atoms with Crippen molar-refractivity contribution in [3.8, 4) is 0 Å². The Labute approximate surface area is 113 Å². The summed E-state index contributed by atoms with van der Waals surface area (Å²) >= 11 is 0. The Morgan fingerprint density at radius 3 is 2.47 bits per heavy atom. The van der Waals surface area contributed by atoms with Crippen molar-refractivity contribution in [2.24, 2.45) is 0 Å². The molecule has 0 heterocycles. The molecular formula is C15H20N2O2. The SMILES string of the molecule is CCC(C)NC(=O)c1cccc(C(=O)NC2CC2)c1. The number of hydrogen-bond donors (Lipinski definition) is 2. The largest absolute Gasteiger partial charge is 0.350 e. The third kappa shape index (κ3) is 3.81. The highest BCUT2D eigenvalue weighted by molar-refractivity contribution is 5.99. The van der Waals surface area contributed by atoms with Gasteiger partial charge < -0.3 is 10.6 Å². The minimum absolute atomic E-state index is 0.0966. The minimum atomic E-state index is -0.129. The topological polar surface area (TPSA) is 58.2 Å². The maximum atomic E-state index is 12.0. The van der Waals surface area contributed by atoms with Crippen LogP contribution >= 0.6 is 0 Å². The first kappa shape index (κ1) is 13.6. The molecule has 2 rings (SSSR count). The summed E-state index contributed by atoms with van der Waals surface area (Å²) in [4.78, 5) is 23.9. The molecule has 0 spiro atoms. The van der Waals surface area contributed by atoms with Crippen LogP contribution in [0.1, 0.15) is 53.8 Å². The summed E-state index contributed by atoms with van der Waals surface area (Å²) in [6, 6.07) is 7.31. The summed E-state index contributed by atoms with van der Waals surface area (Å²) in [5, 5.41) is 5.81. The van der Waals surface area contributed by atoms with E-state index in [9.17, 15) is 9.59 Å². The van der Waals surface area contributed by atoms with Crippen LogP contribution in [0.3, 0.4) is 0 Å². The Kier molecular flexibility index (Phi) is 4.20. The lowest BCUT2D eigenvalue weighted by Crippen LogP contribution is -2.32. The molecule has 4 nitrogen and oxygen atoms in total. The lowest BCUT2D eigenvalue weighted by Gasteiger charge is -2.12. The average Bonchev–Trinajstić information content (AvgIpc) is 3.22. The Morgan fingerprint density at radius 1 is 1.26 bits per heavy atom. The van der Waals surface area contributed by atoms with Gasteiger partial charge in [0, 0.05) is 23.2 Å². The third-order valence-corrected chi connectivity index (χ3v) is 3.29. The number of hydrogen-bond acceptors (Lipinski definition) is 2. The van der Waals surface area contributed by atoms with Crippen molar-refractivity contribution in [2.75, 3.05) is 0 Å². The molecule has 2 N–H and O–H groups in total. The molecule has 0 saturated heterocycles. The zero-order valence-corrected chi connectivity index (χ0v) is 11.4. The number of nitrogens with one attached hydrogen (secondary N) is 2. The minimum Gasteiger partial charge on any atom is -0.350 e. The van der Waals surface area contributed by atoms with Gasteiger partial charge in [0.25, 0.3) is 11.8 Å².